The van der Waals surface area contributed by atoms with E-state index in [0.29, 0.717) is 11.4 Å². The smallest absolute Gasteiger partial charge is 0.357 e. The fourth-order valence-corrected chi connectivity index (χ4v) is 4.43. The number of aromatic nitrogens is 2. The number of nitrogens with one attached hydrogen (secondary N) is 1. The third-order valence-electron chi connectivity index (χ3n) is 4.53. The van der Waals surface area contributed by atoms with Crippen LogP contribution in [0.3, 0.4) is 0 Å². The largest absolute Gasteiger partial charge is 0.451 e. The molecule has 1 N–H and O–H groups in total. The standard InChI is InChI=1S/C21H18N4O5S2/c26-18(22-8-9-24-19(27)13-32-21(24)29)12-30-20(28)16-11-15(17-7-4-10-31-17)23-25(16)14-5-2-1-3-6-14/h1-7,10-11H,8-9,12-13H2,(H,22,26). The van der Waals surface area contributed by atoms with Crippen molar-refractivity contribution in [2.75, 3.05) is 25.4 Å². The Morgan fingerprint density at radius 2 is 1.94 bits per heavy atom. The maximum absolute atomic E-state index is 12.7. The van der Waals surface area contributed by atoms with E-state index in [4.69, 9.17) is 4.74 Å². The average Bonchev–Trinajstić information content (AvgIpc) is 3.54. The van der Waals surface area contributed by atoms with Gasteiger partial charge in [-0.3, -0.25) is 19.3 Å². The summed E-state index contributed by atoms with van der Waals surface area (Å²) < 4.78 is 6.67. The highest BCUT2D eigenvalue weighted by Crippen LogP contribution is 2.26. The first-order valence-electron chi connectivity index (χ1n) is 9.63. The Labute approximate surface area is 191 Å². The van der Waals surface area contributed by atoms with Crippen LogP contribution >= 0.6 is 23.1 Å². The van der Waals surface area contributed by atoms with Crippen LogP contribution in [-0.2, 0) is 14.3 Å². The normalized spacial score (nSPS) is 13.4. The molecule has 11 heteroatoms. The lowest BCUT2D eigenvalue weighted by atomic mass is 10.3. The summed E-state index contributed by atoms with van der Waals surface area (Å²) in [5.41, 5.74) is 1.50. The van der Waals surface area contributed by atoms with E-state index in [1.807, 2.05) is 47.8 Å². The summed E-state index contributed by atoms with van der Waals surface area (Å²) in [4.78, 5) is 49.9. The van der Waals surface area contributed by atoms with Crippen LogP contribution in [0.5, 0.6) is 0 Å². The molecule has 2 aromatic heterocycles. The zero-order valence-corrected chi connectivity index (χ0v) is 18.4. The lowest BCUT2D eigenvalue weighted by molar-refractivity contribution is -0.126. The number of carbonyl (C=O) groups excluding carboxylic acids is 4. The molecule has 4 rings (SSSR count). The van der Waals surface area contributed by atoms with Gasteiger partial charge in [0.15, 0.2) is 12.3 Å². The third kappa shape index (κ3) is 4.89. The first-order valence-corrected chi connectivity index (χ1v) is 11.5. The van der Waals surface area contributed by atoms with Crippen molar-refractivity contribution in [3.63, 3.8) is 0 Å². The van der Waals surface area contributed by atoms with Crippen LogP contribution < -0.4 is 5.32 Å². The summed E-state index contributed by atoms with van der Waals surface area (Å²) in [5.74, 6) is -1.39. The molecular weight excluding hydrogens is 452 g/mol. The summed E-state index contributed by atoms with van der Waals surface area (Å²) in [6.45, 7) is -0.335. The molecule has 1 fully saturated rings. The molecule has 0 unspecified atom stereocenters. The van der Waals surface area contributed by atoms with Crippen molar-refractivity contribution in [3.05, 3.63) is 59.6 Å². The van der Waals surface area contributed by atoms with Gasteiger partial charge in [-0.25, -0.2) is 9.48 Å². The monoisotopic (exact) mass is 470 g/mol. The van der Waals surface area contributed by atoms with Crippen LogP contribution in [0.2, 0.25) is 0 Å². The van der Waals surface area contributed by atoms with Crippen LogP contribution in [0, 0.1) is 0 Å². The number of thioether (sulfide) groups is 1. The number of thiophene rings is 1. The molecule has 0 saturated carbocycles. The molecular formula is C21H18N4O5S2. The van der Waals surface area contributed by atoms with Gasteiger partial charge in [0.05, 0.1) is 16.3 Å². The topological polar surface area (TPSA) is 111 Å². The van der Waals surface area contributed by atoms with Crippen molar-refractivity contribution < 1.29 is 23.9 Å². The number of nitrogens with zero attached hydrogens (tertiary/aromatic N) is 3. The van der Waals surface area contributed by atoms with Gasteiger partial charge in [0.2, 0.25) is 5.91 Å². The molecule has 3 heterocycles. The quantitative estimate of drug-likeness (QED) is 0.504. The molecule has 0 spiro atoms. The molecule has 0 radical (unpaired) electrons. The Bertz CT molecular complexity index is 1130. The number of hydrogen-bond donors (Lipinski definition) is 1. The van der Waals surface area contributed by atoms with E-state index in [9.17, 15) is 19.2 Å². The Morgan fingerprint density at radius 3 is 2.62 bits per heavy atom. The van der Waals surface area contributed by atoms with Crippen LogP contribution in [0.4, 0.5) is 4.79 Å². The van der Waals surface area contributed by atoms with E-state index in [-0.39, 0.29) is 35.7 Å². The van der Waals surface area contributed by atoms with Crippen LogP contribution in [0.1, 0.15) is 10.5 Å². The van der Waals surface area contributed by atoms with Crippen molar-refractivity contribution in [1.82, 2.24) is 20.0 Å². The third-order valence-corrected chi connectivity index (χ3v) is 6.28. The van der Waals surface area contributed by atoms with Crippen LogP contribution in [-0.4, -0.2) is 63.2 Å². The number of ether oxygens (including phenoxy) is 1. The van der Waals surface area contributed by atoms with Gasteiger partial charge in [-0.15, -0.1) is 11.3 Å². The fraction of sp³-hybridized carbons (Fsp3) is 0.190. The molecule has 32 heavy (non-hydrogen) atoms. The SMILES string of the molecule is O=C(COC(=O)c1cc(-c2cccs2)nn1-c1ccccc1)NCCN1C(=O)CSC1=O. The van der Waals surface area contributed by atoms with E-state index < -0.39 is 18.5 Å². The van der Waals surface area contributed by atoms with E-state index in [0.717, 1.165) is 21.5 Å². The van der Waals surface area contributed by atoms with E-state index in [2.05, 4.69) is 10.4 Å². The number of esters is 1. The number of para-hydroxylation sites is 1. The first-order chi connectivity index (χ1) is 15.5. The number of amides is 3. The molecule has 164 valence electrons. The second-order valence-electron chi connectivity index (χ2n) is 6.67. The molecule has 3 amide bonds. The number of imide groups is 1. The molecule has 0 atom stereocenters. The van der Waals surface area contributed by atoms with Gasteiger partial charge in [-0.1, -0.05) is 36.0 Å². The maximum Gasteiger partial charge on any atom is 0.357 e. The minimum absolute atomic E-state index is 0.0787. The summed E-state index contributed by atoms with van der Waals surface area (Å²) in [7, 11) is 0. The minimum atomic E-state index is -0.694. The van der Waals surface area contributed by atoms with Gasteiger partial charge < -0.3 is 10.1 Å². The van der Waals surface area contributed by atoms with Gasteiger partial charge in [0.25, 0.3) is 11.1 Å². The second kappa shape index (κ2) is 9.79. The molecule has 0 aliphatic carbocycles. The Kier molecular flexibility index (Phi) is 6.66. The zero-order chi connectivity index (χ0) is 22.5. The molecule has 3 aromatic rings. The molecule has 1 saturated heterocycles. The number of carbonyl (C=O) groups is 4. The highest BCUT2D eigenvalue weighted by atomic mass is 32.2. The highest BCUT2D eigenvalue weighted by molar-refractivity contribution is 8.14. The van der Waals surface area contributed by atoms with Gasteiger partial charge in [-0.05, 0) is 23.6 Å². The van der Waals surface area contributed by atoms with E-state index in [1.165, 1.54) is 16.0 Å². The summed E-state index contributed by atoms with van der Waals surface area (Å²) >= 11 is 2.43. The van der Waals surface area contributed by atoms with Crippen LogP contribution in [0.15, 0.2) is 53.9 Å². The van der Waals surface area contributed by atoms with Crippen molar-refractivity contribution in [3.8, 4) is 16.3 Å². The highest BCUT2D eigenvalue weighted by Gasteiger charge is 2.29. The predicted octanol–water partition coefficient (Wildman–Crippen LogP) is 2.57. The summed E-state index contributed by atoms with van der Waals surface area (Å²) in [6, 6.07) is 14.6. The predicted molar refractivity (Wildman–Crippen MR) is 120 cm³/mol. The average molecular weight is 471 g/mol. The minimum Gasteiger partial charge on any atom is -0.451 e. The molecule has 0 bridgehead atoms. The fourth-order valence-electron chi connectivity index (χ4n) is 3.00. The Balaban J connectivity index is 1.39. The lowest BCUT2D eigenvalue weighted by Crippen LogP contribution is -2.38. The van der Waals surface area contributed by atoms with Crippen molar-refractivity contribution in [1.29, 1.82) is 0 Å². The maximum atomic E-state index is 12.7. The van der Waals surface area contributed by atoms with Gasteiger partial charge >= 0.3 is 5.97 Å². The van der Waals surface area contributed by atoms with E-state index in [1.54, 1.807) is 6.07 Å². The van der Waals surface area contributed by atoms with Crippen LogP contribution in [0.25, 0.3) is 16.3 Å². The lowest BCUT2D eigenvalue weighted by Gasteiger charge is -2.13. The Hall–Kier alpha value is -3.44. The van der Waals surface area contributed by atoms with Gasteiger partial charge in [-0.2, -0.15) is 5.10 Å². The molecule has 9 nitrogen and oxygen atoms in total. The first kappa shape index (κ1) is 21.8. The van der Waals surface area contributed by atoms with E-state index >= 15 is 0 Å². The van der Waals surface area contributed by atoms with Crippen molar-refractivity contribution >= 4 is 46.1 Å². The number of benzene rings is 1. The zero-order valence-electron chi connectivity index (χ0n) is 16.7. The van der Waals surface area contributed by atoms with Gasteiger partial charge in [0, 0.05) is 19.2 Å². The van der Waals surface area contributed by atoms with Crippen molar-refractivity contribution in [2.24, 2.45) is 0 Å². The number of rotatable bonds is 8. The molecule has 1 aromatic carbocycles. The Morgan fingerprint density at radius 1 is 1.12 bits per heavy atom. The van der Waals surface area contributed by atoms with Crippen molar-refractivity contribution in [2.45, 2.75) is 0 Å². The molecule has 1 aliphatic rings. The second-order valence-corrected chi connectivity index (χ2v) is 8.54. The summed E-state index contributed by atoms with van der Waals surface area (Å²) in [6.07, 6.45) is 0. The van der Waals surface area contributed by atoms with Gasteiger partial charge in [0.1, 0.15) is 5.69 Å². The summed E-state index contributed by atoms with van der Waals surface area (Å²) in [5, 5.41) is 8.66. The molecule has 1 aliphatic heterocycles. The number of hydrogen-bond acceptors (Lipinski definition) is 8.